The second-order valence-electron chi connectivity index (χ2n) is 3.93. The van der Waals surface area contributed by atoms with Crippen LogP contribution in [0.15, 0.2) is 29.0 Å². The van der Waals surface area contributed by atoms with Gasteiger partial charge in [0.1, 0.15) is 16.9 Å². The number of rotatable bonds is 2. The third-order valence-electron chi connectivity index (χ3n) is 2.75. The van der Waals surface area contributed by atoms with Gasteiger partial charge in [0.2, 0.25) is 5.76 Å². The van der Waals surface area contributed by atoms with E-state index in [4.69, 9.17) is 4.74 Å². The standard InChI is InChI=1S/C11H7N3O5S/c15-10-8-9(20-4-3-19-8)11(16)13(10)7-2-1-6(5-12-7)14(17)18/h1-2,5H,3-4H2. The molecule has 9 heteroatoms. The molecular formula is C11H7N3O5S. The minimum Gasteiger partial charge on any atom is -0.486 e. The van der Waals surface area contributed by atoms with Crippen LogP contribution in [0.5, 0.6) is 0 Å². The highest BCUT2D eigenvalue weighted by Gasteiger charge is 2.43. The lowest BCUT2D eigenvalue weighted by Gasteiger charge is -2.12. The molecule has 2 aliphatic heterocycles. The molecule has 0 bridgehead atoms. The van der Waals surface area contributed by atoms with Crippen LogP contribution in [0, 0.1) is 10.1 Å². The van der Waals surface area contributed by atoms with E-state index in [0.717, 1.165) is 11.1 Å². The lowest BCUT2D eigenvalue weighted by Crippen LogP contribution is -2.32. The number of nitro groups is 1. The zero-order chi connectivity index (χ0) is 14.3. The Morgan fingerprint density at radius 2 is 2.15 bits per heavy atom. The highest BCUT2D eigenvalue weighted by atomic mass is 32.2. The average molecular weight is 293 g/mol. The van der Waals surface area contributed by atoms with Gasteiger partial charge in [0, 0.05) is 11.8 Å². The van der Waals surface area contributed by atoms with Crippen molar-refractivity contribution < 1.29 is 19.2 Å². The number of nitrogens with zero attached hydrogens (tertiary/aromatic N) is 3. The number of imide groups is 1. The van der Waals surface area contributed by atoms with Crippen molar-refractivity contribution in [2.75, 3.05) is 17.3 Å². The predicted molar refractivity (Wildman–Crippen MR) is 68.8 cm³/mol. The summed E-state index contributed by atoms with van der Waals surface area (Å²) >= 11 is 1.26. The van der Waals surface area contributed by atoms with Crippen LogP contribution in [-0.2, 0) is 14.3 Å². The van der Waals surface area contributed by atoms with Gasteiger partial charge in [0.05, 0.1) is 11.5 Å². The van der Waals surface area contributed by atoms with Crippen LogP contribution in [0.2, 0.25) is 0 Å². The molecule has 0 saturated carbocycles. The summed E-state index contributed by atoms with van der Waals surface area (Å²) in [6, 6.07) is 2.45. The molecule has 0 saturated heterocycles. The minimum atomic E-state index is -0.605. The zero-order valence-electron chi connectivity index (χ0n) is 9.94. The van der Waals surface area contributed by atoms with Crippen molar-refractivity contribution in [1.29, 1.82) is 0 Å². The van der Waals surface area contributed by atoms with E-state index in [9.17, 15) is 19.7 Å². The van der Waals surface area contributed by atoms with Crippen LogP contribution in [-0.4, -0.2) is 34.1 Å². The molecule has 2 aliphatic rings. The fourth-order valence-electron chi connectivity index (χ4n) is 1.86. The fourth-order valence-corrected chi connectivity index (χ4v) is 2.72. The van der Waals surface area contributed by atoms with E-state index >= 15 is 0 Å². The third kappa shape index (κ3) is 1.83. The van der Waals surface area contributed by atoms with E-state index in [1.807, 2.05) is 0 Å². The second kappa shape index (κ2) is 4.60. The maximum absolute atomic E-state index is 12.1. The van der Waals surface area contributed by atoms with Crippen LogP contribution < -0.4 is 4.90 Å². The Labute approximate surface area is 116 Å². The third-order valence-corrected chi connectivity index (χ3v) is 3.77. The normalized spacial score (nSPS) is 18.1. The molecule has 0 aliphatic carbocycles. The van der Waals surface area contributed by atoms with Crippen LogP contribution in [0.1, 0.15) is 0 Å². The van der Waals surface area contributed by atoms with Crippen molar-refractivity contribution in [3.8, 4) is 0 Å². The Morgan fingerprint density at radius 3 is 2.75 bits per heavy atom. The Balaban J connectivity index is 1.94. The molecule has 0 aromatic carbocycles. The van der Waals surface area contributed by atoms with Crippen LogP contribution in [0.25, 0.3) is 0 Å². The molecule has 102 valence electrons. The van der Waals surface area contributed by atoms with Gasteiger partial charge >= 0.3 is 5.91 Å². The van der Waals surface area contributed by atoms with Gasteiger partial charge in [0.15, 0.2) is 0 Å². The highest BCUT2D eigenvalue weighted by molar-refractivity contribution is 8.04. The number of aromatic nitrogens is 1. The highest BCUT2D eigenvalue weighted by Crippen LogP contribution is 2.35. The summed E-state index contributed by atoms with van der Waals surface area (Å²) in [6.45, 7) is 0.365. The SMILES string of the molecule is O=C1C2=C(SCCO2)C(=O)N1c1ccc([N+](=O)[O-])cn1. The molecule has 2 amide bonds. The Hall–Kier alpha value is -2.42. The summed E-state index contributed by atoms with van der Waals surface area (Å²) in [6.07, 6.45) is 1.00. The fraction of sp³-hybridized carbons (Fsp3) is 0.182. The molecule has 3 heterocycles. The van der Waals surface area contributed by atoms with Gasteiger partial charge in [-0.1, -0.05) is 0 Å². The predicted octanol–water partition coefficient (Wildman–Crippen LogP) is 0.838. The van der Waals surface area contributed by atoms with E-state index in [-0.39, 0.29) is 22.2 Å². The van der Waals surface area contributed by atoms with Gasteiger partial charge in [-0.25, -0.2) is 9.88 Å². The second-order valence-corrected chi connectivity index (χ2v) is 5.04. The van der Waals surface area contributed by atoms with Gasteiger partial charge in [-0.15, -0.1) is 11.8 Å². The molecule has 0 N–H and O–H groups in total. The first kappa shape index (κ1) is 12.6. The summed E-state index contributed by atoms with van der Waals surface area (Å²) in [5.41, 5.74) is -0.212. The number of carbonyl (C=O) groups excluding carboxylic acids is 2. The summed E-state index contributed by atoms with van der Waals surface area (Å²) in [5.74, 6) is -0.412. The number of amides is 2. The molecule has 0 atom stereocenters. The van der Waals surface area contributed by atoms with Gasteiger partial charge in [-0.2, -0.15) is 0 Å². The van der Waals surface area contributed by atoms with E-state index < -0.39 is 16.7 Å². The average Bonchev–Trinajstić information content (AvgIpc) is 2.72. The van der Waals surface area contributed by atoms with E-state index in [2.05, 4.69) is 4.98 Å². The molecule has 1 aromatic heterocycles. The molecule has 3 rings (SSSR count). The number of pyridine rings is 1. The van der Waals surface area contributed by atoms with Gasteiger partial charge in [0.25, 0.3) is 11.6 Å². The number of carbonyl (C=O) groups is 2. The van der Waals surface area contributed by atoms with Crippen molar-refractivity contribution in [3.05, 3.63) is 39.1 Å². The van der Waals surface area contributed by atoms with Gasteiger partial charge < -0.3 is 4.74 Å². The molecular weight excluding hydrogens is 286 g/mol. The van der Waals surface area contributed by atoms with Gasteiger partial charge in [-0.3, -0.25) is 19.7 Å². The van der Waals surface area contributed by atoms with Crippen LogP contribution >= 0.6 is 11.8 Å². The van der Waals surface area contributed by atoms with Crippen molar-refractivity contribution in [3.63, 3.8) is 0 Å². The molecule has 0 radical (unpaired) electrons. The number of thioether (sulfide) groups is 1. The van der Waals surface area contributed by atoms with Crippen molar-refractivity contribution in [2.45, 2.75) is 0 Å². The molecule has 0 fully saturated rings. The summed E-state index contributed by atoms with van der Waals surface area (Å²) in [4.78, 5) is 39.1. The summed E-state index contributed by atoms with van der Waals surface area (Å²) in [5, 5.41) is 10.6. The maximum atomic E-state index is 12.1. The molecule has 1 aromatic rings. The molecule has 0 unspecified atom stereocenters. The summed E-state index contributed by atoms with van der Waals surface area (Å²) < 4.78 is 5.21. The van der Waals surface area contributed by atoms with E-state index in [0.29, 0.717) is 12.4 Å². The van der Waals surface area contributed by atoms with Crippen molar-refractivity contribution >= 4 is 35.1 Å². The van der Waals surface area contributed by atoms with Gasteiger partial charge in [-0.05, 0) is 6.07 Å². The first-order chi connectivity index (χ1) is 9.59. The zero-order valence-corrected chi connectivity index (χ0v) is 10.8. The smallest absolute Gasteiger partial charge is 0.303 e. The largest absolute Gasteiger partial charge is 0.486 e. The van der Waals surface area contributed by atoms with Crippen molar-refractivity contribution in [2.24, 2.45) is 0 Å². The maximum Gasteiger partial charge on any atom is 0.303 e. The first-order valence-electron chi connectivity index (χ1n) is 5.58. The Bertz CT molecular complexity index is 627. The molecule has 8 nitrogen and oxygen atoms in total. The molecule has 0 spiro atoms. The topological polar surface area (TPSA) is 103 Å². The number of hydrogen-bond donors (Lipinski definition) is 0. The van der Waals surface area contributed by atoms with E-state index in [1.165, 1.54) is 23.9 Å². The first-order valence-corrected chi connectivity index (χ1v) is 6.57. The lowest BCUT2D eigenvalue weighted by atomic mass is 10.4. The number of ether oxygens (including phenoxy) is 1. The molecule has 20 heavy (non-hydrogen) atoms. The lowest BCUT2D eigenvalue weighted by molar-refractivity contribution is -0.385. The Morgan fingerprint density at radius 1 is 1.35 bits per heavy atom. The summed E-state index contributed by atoms with van der Waals surface area (Å²) in [7, 11) is 0. The number of anilines is 1. The van der Waals surface area contributed by atoms with Crippen molar-refractivity contribution in [1.82, 2.24) is 4.98 Å². The van der Waals surface area contributed by atoms with Crippen LogP contribution in [0.3, 0.4) is 0 Å². The minimum absolute atomic E-state index is 0.0337. The quantitative estimate of drug-likeness (QED) is 0.452. The Kier molecular flexibility index (Phi) is 2.90. The van der Waals surface area contributed by atoms with Crippen LogP contribution in [0.4, 0.5) is 11.5 Å². The monoisotopic (exact) mass is 293 g/mol. The van der Waals surface area contributed by atoms with E-state index in [1.54, 1.807) is 0 Å². The number of hydrogen-bond acceptors (Lipinski definition) is 7.